The van der Waals surface area contributed by atoms with Gasteiger partial charge in [0.2, 0.25) is 0 Å². The van der Waals surface area contributed by atoms with Gasteiger partial charge >= 0.3 is 0 Å². The lowest BCUT2D eigenvalue weighted by molar-refractivity contribution is -0.192. The minimum Gasteiger partial charge on any atom is -0.126 e. The van der Waals surface area contributed by atoms with Crippen LogP contribution in [0, 0.1) is 10.8 Å². The Morgan fingerprint density at radius 3 is 2.25 bits per heavy atom. The third-order valence-corrected chi connectivity index (χ3v) is 4.41. The number of alkyl halides is 1. The van der Waals surface area contributed by atoms with E-state index in [4.69, 9.17) is 11.6 Å². The third kappa shape index (κ3) is 1.19. The first kappa shape index (κ1) is 8.87. The first-order chi connectivity index (χ1) is 5.74. The smallest absolute Gasteiger partial charge is 0.0280 e. The van der Waals surface area contributed by atoms with Crippen LogP contribution in [0.3, 0.4) is 0 Å². The van der Waals surface area contributed by atoms with Gasteiger partial charge in [0, 0.05) is 5.88 Å². The summed E-state index contributed by atoms with van der Waals surface area (Å²) < 4.78 is 0. The largest absolute Gasteiger partial charge is 0.126 e. The highest BCUT2D eigenvalue weighted by molar-refractivity contribution is 6.18. The number of rotatable bonds is 5. The summed E-state index contributed by atoms with van der Waals surface area (Å²) in [7, 11) is 0. The zero-order valence-electron chi connectivity index (χ0n) is 8.03. The summed E-state index contributed by atoms with van der Waals surface area (Å²) in [5.41, 5.74) is 1.43. The predicted molar refractivity (Wildman–Crippen MR) is 53.6 cm³/mol. The standard InChI is InChI=1S/C11H19Cl/c1-2-3-4-5-10-6-11(7-10,8-10)9-12/h2-9H2,1H3. The molecule has 0 N–H and O–H groups in total. The van der Waals surface area contributed by atoms with E-state index in [1.54, 1.807) is 0 Å². The van der Waals surface area contributed by atoms with Crippen molar-refractivity contribution in [3.05, 3.63) is 0 Å². The maximum Gasteiger partial charge on any atom is 0.0280 e. The molecule has 0 nitrogen and oxygen atoms in total. The second-order valence-electron chi connectivity index (χ2n) is 5.12. The first-order valence-electron chi connectivity index (χ1n) is 5.30. The Kier molecular flexibility index (Phi) is 2.15. The van der Waals surface area contributed by atoms with Crippen molar-refractivity contribution in [1.29, 1.82) is 0 Å². The second kappa shape index (κ2) is 2.90. The van der Waals surface area contributed by atoms with Crippen LogP contribution >= 0.6 is 11.6 Å². The SMILES string of the molecule is CCCCCC12CC(CCl)(C1)C2. The van der Waals surface area contributed by atoms with E-state index in [-0.39, 0.29) is 0 Å². The van der Waals surface area contributed by atoms with Crippen LogP contribution in [0.5, 0.6) is 0 Å². The second-order valence-corrected chi connectivity index (χ2v) is 5.39. The van der Waals surface area contributed by atoms with Crippen molar-refractivity contribution in [3.63, 3.8) is 0 Å². The summed E-state index contributed by atoms with van der Waals surface area (Å²) in [5.74, 6) is 0.919. The quantitative estimate of drug-likeness (QED) is 0.450. The molecule has 0 aromatic rings. The van der Waals surface area contributed by atoms with Gasteiger partial charge in [0.05, 0.1) is 0 Å². The highest BCUT2D eigenvalue weighted by Gasteiger charge is 2.65. The fraction of sp³-hybridized carbons (Fsp3) is 1.00. The average molecular weight is 187 g/mol. The monoisotopic (exact) mass is 186 g/mol. The van der Waals surface area contributed by atoms with Gasteiger partial charge in [-0.25, -0.2) is 0 Å². The summed E-state index contributed by atoms with van der Waals surface area (Å²) in [6.45, 7) is 2.28. The molecule has 12 heavy (non-hydrogen) atoms. The van der Waals surface area contributed by atoms with Gasteiger partial charge in [0.1, 0.15) is 0 Å². The summed E-state index contributed by atoms with van der Waals surface area (Å²) in [5, 5.41) is 0. The van der Waals surface area contributed by atoms with Crippen molar-refractivity contribution < 1.29 is 0 Å². The highest BCUT2D eigenvalue weighted by atomic mass is 35.5. The van der Waals surface area contributed by atoms with Crippen LogP contribution in [0.2, 0.25) is 0 Å². The van der Waals surface area contributed by atoms with Gasteiger partial charge in [-0.15, -0.1) is 11.6 Å². The predicted octanol–water partition coefficient (Wildman–Crippen LogP) is 3.98. The molecular weight excluding hydrogens is 168 g/mol. The van der Waals surface area contributed by atoms with Crippen molar-refractivity contribution in [2.75, 3.05) is 5.88 Å². The molecule has 3 rings (SSSR count). The van der Waals surface area contributed by atoms with E-state index < -0.39 is 0 Å². The molecule has 3 saturated carbocycles. The summed E-state index contributed by atoms with van der Waals surface area (Å²) in [4.78, 5) is 0. The molecule has 3 aliphatic rings. The fourth-order valence-corrected chi connectivity index (χ4v) is 3.67. The van der Waals surface area contributed by atoms with Crippen molar-refractivity contribution in [1.82, 2.24) is 0 Å². The molecule has 0 heterocycles. The number of hydrogen-bond acceptors (Lipinski definition) is 0. The highest BCUT2D eigenvalue weighted by Crippen LogP contribution is 2.75. The maximum absolute atomic E-state index is 5.91. The van der Waals surface area contributed by atoms with Gasteiger partial charge in [-0.2, -0.15) is 0 Å². The van der Waals surface area contributed by atoms with E-state index in [9.17, 15) is 0 Å². The molecule has 0 atom stereocenters. The molecule has 2 bridgehead atoms. The Hall–Kier alpha value is 0.290. The fourth-order valence-electron chi connectivity index (χ4n) is 3.39. The van der Waals surface area contributed by atoms with E-state index in [1.165, 1.54) is 44.9 Å². The Morgan fingerprint density at radius 1 is 1.08 bits per heavy atom. The molecule has 0 aliphatic heterocycles. The zero-order chi connectivity index (χ0) is 8.66. The van der Waals surface area contributed by atoms with Crippen molar-refractivity contribution in [3.8, 4) is 0 Å². The molecule has 0 amide bonds. The van der Waals surface area contributed by atoms with E-state index in [0.29, 0.717) is 5.41 Å². The van der Waals surface area contributed by atoms with Crippen molar-refractivity contribution in [2.45, 2.75) is 51.9 Å². The van der Waals surface area contributed by atoms with Gasteiger partial charge in [-0.3, -0.25) is 0 Å². The van der Waals surface area contributed by atoms with Crippen LogP contribution in [0.15, 0.2) is 0 Å². The Morgan fingerprint density at radius 2 is 1.75 bits per heavy atom. The first-order valence-corrected chi connectivity index (χ1v) is 5.84. The lowest BCUT2D eigenvalue weighted by Crippen LogP contribution is -2.62. The molecule has 0 aromatic carbocycles. The van der Waals surface area contributed by atoms with Gasteiger partial charge in [-0.1, -0.05) is 26.2 Å². The van der Waals surface area contributed by atoms with Crippen LogP contribution in [-0.2, 0) is 0 Å². The zero-order valence-corrected chi connectivity index (χ0v) is 8.79. The van der Waals surface area contributed by atoms with Crippen molar-refractivity contribution in [2.24, 2.45) is 10.8 Å². The molecule has 0 radical (unpaired) electrons. The van der Waals surface area contributed by atoms with E-state index in [0.717, 1.165) is 11.3 Å². The molecule has 0 unspecified atom stereocenters. The van der Waals surface area contributed by atoms with Gasteiger partial charge < -0.3 is 0 Å². The maximum atomic E-state index is 5.91. The Balaban J connectivity index is 1.67. The normalized spacial score (nSPS) is 43.5. The minimum absolute atomic E-state index is 0.633. The van der Waals surface area contributed by atoms with Gasteiger partial charge in [0.15, 0.2) is 0 Å². The van der Waals surface area contributed by atoms with Gasteiger partial charge in [0.25, 0.3) is 0 Å². The third-order valence-electron chi connectivity index (χ3n) is 3.84. The molecule has 70 valence electrons. The van der Waals surface area contributed by atoms with Crippen LogP contribution in [0.1, 0.15) is 51.9 Å². The van der Waals surface area contributed by atoms with E-state index in [1.807, 2.05) is 0 Å². The van der Waals surface area contributed by atoms with Crippen LogP contribution in [0.4, 0.5) is 0 Å². The average Bonchev–Trinajstić information content (AvgIpc) is 1.92. The molecule has 0 aromatic heterocycles. The van der Waals surface area contributed by atoms with Gasteiger partial charge in [-0.05, 0) is 36.5 Å². The summed E-state index contributed by atoms with van der Waals surface area (Å²) >= 11 is 5.91. The number of hydrogen-bond donors (Lipinski definition) is 0. The van der Waals surface area contributed by atoms with Crippen LogP contribution in [-0.4, -0.2) is 5.88 Å². The lowest BCUT2D eigenvalue weighted by atomic mass is 9.35. The number of unbranched alkanes of at least 4 members (excludes halogenated alkanes) is 2. The Labute approximate surface area is 80.7 Å². The number of halogens is 1. The molecule has 3 fully saturated rings. The summed E-state index contributed by atoms with van der Waals surface area (Å²) in [6, 6.07) is 0. The van der Waals surface area contributed by atoms with E-state index >= 15 is 0 Å². The van der Waals surface area contributed by atoms with Crippen LogP contribution < -0.4 is 0 Å². The molecule has 1 heteroatoms. The molecule has 3 aliphatic carbocycles. The topological polar surface area (TPSA) is 0 Å². The van der Waals surface area contributed by atoms with E-state index in [2.05, 4.69) is 6.92 Å². The lowest BCUT2D eigenvalue weighted by Gasteiger charge is -2.71. The van der Waals surface area contributed by atoms with Crippen LogP contribution in [0.25, 0.3) is 0 Å². The minimum atomic E-state index is 0.633. The Bertz CT molecular complexity index is 154. The summed E-state index contributed by atoms with van der Waals surface area (Å²) in [6.07, 6.45) is 10.1. The van der Waals surface area contributed by atoms with Crippen molar-refractivity contribution >= 4 is 11.6 Å². The molecule has 0 spiro atoms. The molecular formula is C11H19Cl. The molecule has 0 saturated heterocycles.